The van der Waals surface area contributed by atoms with Gasteiger partial charge in [-0.1, -0.05) is 6.07 Å². The van der Waals surface area contributed by atoms with Crippen molar-refractivity contribution in [3.05, 3.63) is 56.6 Å². The van der Waals surface area contributed by atoms with Crippen molar-refractivity contribution >= 4 is 31.9 Å². The van der Waals surface area contributed by atoms with Crippen molar-refractivity contribution in [2.24, 2.45) is 5.73 Å². The lowest BCUT2D eigenvalue weighted by molar-refractivity contribution is 0.469. The zero-order chi connectivity index (χ0) is 11.7. The quantitative estimate of drug-likeness (QED) is 0.891. The Kier molecular flexibility index (Phi) is 3.47. The topological polar surface area (TPSA) is 39.2 Å². The zero-order valence-corrected chi connectivity index (χ0v) is 11.3. The molecule has 2 N–H and O–H groups in total. The minimum Gasteiger partial charge on any atom is -0.452 e. The SMILES string of the molecule is NC(c1ccc(Br)c(F)c1)c1ccc(Br)o1. The molecule has 5 heteroatoms. The Morgan fingerprint density at radius 3 is 2.50 bits per heavy atom. The van der Waals surface area contributed by atoms with E-state index in [0.29, 0.717) is 20.5 Å². The van der Waals surface area contributed by atoms with Crippen LogP contribution >= 0.6 is 31.9 Å². The number of furan rings is 1. The maximum absolute atomic E-state index is 13.3. The Bertz CT molecular complexity index is 512. The van der Waals surface area contributed by atoms with Crippen LogP contribution in [0.25, 0.3) is 0 Å². The summed E-state index contributed by atoms with van der Waals surface area (Å²) < 4.78 is 19.7. The molecule has 1 heterocycles. The molecule has 0 fully saturated rings. The molecule has 16 heavy (non-hydrogen) atoms. The Hall–Kier alpha value is -0.650. The third kappa shape index (κ3) is 2.36. The summed E-state index contributed by atoms with van der Waals surface area (Å²) in [5, 5.41) is 0. The van der Waals surface area contributed by atoms with Crippen LogP contribution in [0.1, 0.15) is 17.4 Å². The third-order valence-corrected chi connectivity index (χ3v) is 3.27. The zero-order valence-electron chi connectivity index (χ0n) is 8.08. The highest BCUT2D eigenvalue weighted by atomic mass is 79.9. The molecule has 0 aliphatic carbocycles. The van der Waals surface area contributed by atoms with Gasteiger partial charge in [0.1, 0.15) is 11.6 Å². The molecular formula is C11H8Br2FNO. The third-order valence-electron chi connectivity index (χ3n) is 2.20. The lowest BCUT2D eigenvalue weighted by atomic mass is 10.1. The molecule has 84 valence electrons. The molecule has 0 spiro atoms. The Morgan fingerprint density at radius 1 is 1.19 bits per heavy atom. The maximum Gasteiger partial charge on any atom is 0.169 e. The summed E-state index contributed by atoms with van der Waals surface area (Å²) >= 11 is 6.29. The van der Waals surface area contributed by atoms with Gasteiger partial charge in [0.25, 0.3) is 0 Å². The molecule has 2 nitrogen and oxygen atoms in total. The van der Waals surface area contributed by atoms with Crippen LogP contribution in [0.2, 0.25) is 0 Å². The van der Waals surface area contributed by atoms with Crippen LogP contribution in [0.15, 0.2) is 43.9 Å². The molecule has 0 amide bonds. The van der Waals surface area contributed by atoms with E-state index in [-0.39, 0.29) is 5.82 Å². The normalized spacial score (nSPS) is 12.8. The summed E-state index contributed by atoms with van der Waals surface area (Å²) in [5.74, 6) is 0.257. The van der Waals surface area contributed by atoms with Gasteiger partial charge in [0, 0.05) is 0 Å². The van der Waals surface area contributed by atoms with E-state index in [2.05, 4.69) is 31.9 Å². The first kappa shape index (κ1) is 11.8. The lowest BCUT2D eigenvalue weighted by Crippen LogP contribution is -2.11. The van der Waals surface area contributed by atoms with Gasteiger partial charge in [0.15, 0.2) is 4.67 Å². The predicted octanol–water partition coefficient (Wildman–Crippen LogP) is 3.99. The second kappa shape index (κ2) is 4.69. The van der Waals surface area contributed by atoms with E-state index in [1.165, 1.54) is 6.07 Å². The van der Waals surface area contributed by atoms with Crippen molar-refractivity contribution in [3.8, 4) is 0 Å². The molecule has 0 saturated carbocycles. The number of hydrogen-bond acceptors (Lipinski definition) is 2. The molecule has 0 aliphatic heterocycles. The number of nitrogens with two attached hydrogens (primary N) is 1. The van der Waals surface area contributed by atoms with Gasteiger partial charge in [-0.15, -0.1) is 0 Å². The van der Waals surface area contributed by atoms with E-state index in [4.69, 9.17) is 10.2 Å². The summed E-state index contributed by atoms with van der Waals surface area (Å²) in [6.45, 7) is 0. The summed E-state index contributed by atoms with van der Waals surface area (Å²) in [5.41, 5.74) is 6.62. The summed E-state index contributed by atoms with van der Waals surface area (Å²) in [6, 6.07) is 7.83. The van der Waals surface area contributed by atoms with Gasteiger partial charge in [-0.2, -0.15) is 0 Å². The van der Waals surface area contributed by atoms with E-state index < -0.39 is 6.04 Å². The van der Waals surface area contributed by atoms with Crippen LogP contribution in [0.3, 0.4) is 0 Å². The standard InChI is InChI=1S/C11H8Br2FNO/c12-7-2-1-6(5-8(7)14)11(15)9-3-4-10(13)16-9/h1-5,11H,15H2. The van der Waals surface area contributed by atoms with Crippen molar-refractivity contribution < 1.29 is 8.81 Å². The summed E-state index contributed by atoms with van der Waals surface area (Å²) in [4.78, 5) is 0. The highest BCUT2D eigenvalue weighted by Crippen LogP contribution is 2.26. The number of hydrogen-bond donors (Lipinski definition) is 1. The fraction of sp³-hybridized carbons (Fsp3) is 0.0909. The van der Waals surface area contributed by atoms with E-state index in [9.17, 15) is 4.39 Å². The predicted molar refractivity (Wildman–Crippen MR) is 66.5 cm³/mol. The highest BCUT2D eigenvalue weighted by Gasteiger charge is 2.14. The van der Waals surface area contributed by atoms with Crippen LogP contribution in [0, 0.1) is 5.82 Å². The average molecular weight is 349 g/mol. The van der Waals surface area contributed by atoms with Crippen LogP contribution in [-0.4, -0.2) is 0 Å². The van der Waals surface area contributed by atoms with Gasteiger partial charge in [-0.3, -0.25) is 0 Å². The molecular weight excluding hydrogens is 341 g/mol. The monoisotopic (exact) mass is 347 g/mol. The fourth-order valence-corrected chi connectivity index (χ4v) is 1.93. The molecule has 0 bridgehead atoms. The number of benzene rings is 1. The molecule has 1 unspecified atom stereocenters. The average Bonchev–Trinajstić information content (AvgIpc) is 2.68. The van der Waals surface area contributed by atoms with E-state index in [1.807, 2.05) is 0 Å². The summed E-state index contributed by atoms with van der Waals surface area (Å²) in [6.07, 6.45) is 0. The second-order valence-electron chi connectivity index (χ2n) is 3.29. The first-order valence-electron chi connectivity index (χ1n) is 4.53. The number of rotatable bonds is 2. The number of halogens is 3. The van der Waals surface area contributed by atoms with Crippen LogP contribution < -0.4 is 5.73 Å². The molecule has 0 aliphatic rings. The van der Waals surface area contributed by atoms with Gasteiger partial charge >= 0.3 is 0 Å². The Labute approximate surface area is 109 Å². The largest absolute Gasteiger partial charge is 0.452 e. The first-order chi connectivity index (χ1) is 7.58. The van der Waals surface area contributed by atoms with Gasteiger partial charge in [-0.25, -0.2) is 4.39 Å². The van der Waals surface area contributed by atoms with Crippen LogP contribution in [0.5, 0.6) is 0 Å². The second-order valence-corrected chi connectivity index (χ2v) is 4.93. The molecule has 2 rings (SSSR count). The van der Waals surface area contributed by atoms with Gasteiger partial charge < -0.3 is 10.2 Å². The highest BCUT2D eigenvalue weighted by molar-refractivity contribution is 9.10. The van der Waals surface area contributed by atoms with Crippen molar-refractivity contribution in [2.45, 2.75) is 6.04 Å². The van der Waals surface area contributed by atoms with E-state index in [0.717, 1.165) is 0 Å². The summed E-state index contributed by atoms with van der Waals surface area (Å²) in [7, 11) is 0. The smallest absolute Gasteiger partial charge is 0.169 e. The van der Waals surface area contributed by atoms with Crippen LogP contribution in [0.4, 0.5) is 4.39 Å². The van der Waals surface area contributed by atoms with Gasteiger partial charge in [0.05, 0.1) is 10.5 Å². The molecule has 2 aromatic rings. The molecule has 0 radical (unpaired) electrons. The Balaban J connectivity index is 2.33. The maximum atomic E-state index is 13.3. The molecule has 1 aromatic heterocycles. The van der Waals surface area contributed by atoms with E-state index >= 15 is 0 Å². The minimum absolute atomic E-state index is 0.335. The Morgan fingerprint density at radius 2 is 1.94 bits per heavy atom. The lowest BCUT2D eigenvalue weighted by Gasteiger charge is -2.09. The van der Waals surface area contributed by atoms with Crippen molar-refractivity contribution in [1.29, 1.82) is 0 Å². The molecule has 1 aromatic carbocycles. The van der Waals surface area contributed by atoms with Crippen molar-refractivity contribution in [3.63, 3.8) is 0 Å². The molecule has 1 atom stereocenters. The van der Waals surface area contributed by atoms with Crippen molar-refractivity contribution in [2.75, 3.05) is 0 Å². The minimum atomic E-state index is -0.464. The van der Waals surface area contributed by atoms with Gasteiger partial charge in [0.2, 0.25) is 0 Å². The van der Waals surface area contributed by atoms with E-state index in [1.54, 1.807) is 24.3 Å². The first-order valence-corrected chi connectivity index (χ1v) is 6.12. The fourth-order valence-electron chi connectivity index (χ4n) is 1.37. The van der Waals surface area contributed by atoms with Gasteiger partial charge in [-0.05, 0) is 61.7 Å². The van der Waals surface area contributed by atoms with Crippen LogP contribution in [-0.2, 0) is 0 Å². The molecule has 0 saturated heterocycles. The van der Waals surface area contributed by atoms with Crippen molar-refractivity contribution in [1.82, 2.24) is 0 Å².